The van der Waals surface area contributed by atoms with E-state index in [9.17, 15) is 14.9 Å². The Balaban J connectivity index is 1.61. The molecule has 0 aromatic heterocycles. The number of epoxide rings is 1. The fourth-order valence-corrected chi connectivity index (χ4v) is 3.26. The maximum absolute atomic E-state index is 11.5. The summed E-state index contributed by atoms with van der Waals surface area (Å²) >= 11 is 0. The molecule has 0 N–H and O–H groups in total. The smallest absolute Gasteiger partial charge is 0.338 e. The minimum Gasteiger partial charge on any atom is -0.467 e. The van der Waals surface area contributed by atoms with Gasteiger partial charge in [-0.25, -0.2) is 4.79 Å². The van der Waals surface area contributed by atoms with E-state index in [2.05, 4.69) is 0 Å². The van der Waals surface area contributed by atoms with E-state index >= 15 is 0 Å². The summed E-state index contributed by atoms with van der Waals surface area (Å²) in [5, 5.41) is 10.7. The fourth-order valence-electron chi connectivity index (χ4n) is 3.26. The van der Waals surface area contributed by atoms with E-state index in [4.69, 9.17) is 9.47 Å². The summed E-state index contributed by atoms with van der Waals surface area (Å²) in [5.74, 6) is 0.0858. The maximum atomic E-state index is 11.5. The predicted octanol–water partition coefficient (Wildman–Crippen LogP) is 2.56. The lowest BCUT2D eigenvalue weighted by molar-refractivity contribution is -0.384. The number of hydrogen-bond acceptors (Lipinski definition) is 5. The molecule has 1 aromatic rings. The number of non-ortho nitro benzene ring substituents is 1. The maximum Gasteiger partial charge on any atom is 0.338 e. The van der Waals surface area contributed by atoms with Gasteiger partial charge in [0.25, 0.3) is 5.69 Å². The predicted molar refractivity (Wildman–Crippen MR) is 73.9 cm³/mol. The Hall–Kier alpha value is -1.95. The number of ether oxygens (including phenoxy) is 2. The second-order valence-corrected chi connectivity index (χ2v) is 5.71. The second kappa shape index (κ2) is 5.11. The van der Waals surface area contributed by atoms with Crippen molar-refractivity contribution in [3.63, 3.8) is 0 Å². The summed E-state index contributed by atoms with van der Waals surface area (Å²) < 4.78 is 10.3. The fraction of sp³-hybridized carbons (Fsp3) is 0.533. The van der Waals surface area contributed by atoms with Gasteiger partial charge in [0.15, 0.2) is 6.10 Å². The van der Waals surface area contributed by atoms with Crippen molar-refractivity contribution >= 4 is 11.7 Å². The van der Waals surface area contributed by atoms with Gasteiger partial charge in [-0.05, 0) is 37.2 Å². The Morgan fingerprint density at radius 1 is 1.33 bits per heavy atom. The lowest BCUT2D eigenvalue weighted by Crippen LogP contribution is -2.27. The summed E-state index contributed by atoms with van der Waals surface area (Å²) in [7, 11) is 1.38. The first-order chi connectivity index (χ1) is 10.1. The van der Waals surface area contributed by atoms with Crippen molar-refractivity contribution in [3.05, 3.63) is 39.9 Å². The van der Waals surface area contributed by atoms with Gasteiger partial charge in [-0.1, -0.05) is 12.1 Å². The van der Waals surface area contributed by atoms with E-state index in [-0.39, 0.29) is 17.3 Å². The Morgan fingerprint density at radius 3 is 2.48 bits per heavy atom. The molecule has 6 nitrogen and oxygen atoms in total. The molecule has 1 aliphatic heterocycles. The normalized spacial score (nSPS) is 30.9. The van der Waals surface area contributed by atoms with Gasteiger partial charge in [0.1, 0.15) is 5.60 Å². The topological polar surface area (TPSA) is 82.0 Å². The second-order valence-electron chi connectivity index (χ2n) is 5.71. The van der Waals surface area contributed by atoms with Gasteiger partial charge >= 0.3 is 5.97 Å². The number of carbonyl (C=O) groups excluding carboxylic acids is 1. The van der Waals surface area contributed by atoms with Gasteiger partial charge in [0.2, 0.25) is 0 Å². The van der Waals surface area contributed by atoms with E-state index in [1.54, 1.807) is 12.1 Å². The molecule has 1 spiro atoms. The molecule has 1 unspecified atom stereocenters. The monoisotopic (exact) mass is 291 g/mol. The van der Waals surface area contributed by atoms with E-state index in [1.165, 1.54) is 7.11 Å². The molecule has 2 aliphatic rings. The SMILES string of the molecule is COC(=O)C1OC12CCC(c1ccc([N+](=O)[O-])cc1)CC2. The molecule has 1 aliphatic carbocycles. The molecule has 1 atom stereocenters. The van der Waals surface area contributed by atoms with Crippen molar-refractivity contribution in [1.82, 2.24) is 0 Å². The number of hydrogen-bond donors (Lipinski definition) is 0. The van der Waals surface area contributed by atoms with Crippen LogP contribution in [0.25, 0.3) is 0 Å². The minimum absolute atomic E-state index is 0.113. The van der Waals surface area contributed by atoms with Crippen LogP contribution in [0.3, 0.4) is 0 Å². The van der Waals surface area contributed by atoms with Gasteiger partial charge in [-0.15, -0.1) is 0 Å². The Labute approximate surface area is 122 Å². The molecule has 0 bridgehead atoms. The molecule has 1 saturated carbocycles. The first kappa shape index (κ1) is 14.0. The number of nitro groups is 1. The molecule has 6 heteroatoms. The largest absolute Gasteiger partial charge is 0.467 e. The molecule has 1 saturated heterocycles. The number of carbonyl (C=O) groups is 1. The molecule has 0 amide bonds. The van der Waals surface area contributed by atoms with Crippen molar-refractivity contribution in [3.8, 4) is 0 Å². The third-order valence-electron chi connectivity index (χ3n) is 4.60. The third-order valence-corrected chi connectivity index (χ3v) is 4.60. The number of nitro benzene ring substituents is 1. The van der Waals surface area contributed by atoms with Gasteiger partial charge in [0.05, 0.1) is 12.0 Å². The van der Waals surface area contributed by atoms with Crippen molar-refractivity contribution in [2.45, 2.75) is 43.3 Å². The van der Waals surface area contributed by atoms with Gasteiger partial charge in [-0.2, -0.15) is 0 Å². The van der Waals surface area contributed by atoms with Crippen LogP contribution in [0.4, 0.5) is 5.69 Å². The summed E-state index contributed by atoms with van der Waals surface area (Å²) in [4.78, 5) is 21.8. The molecule has 21 heavy (non-hydrogen) atoms. The quantitative estimate of drug-likeness (QED) is 0.370. The van der Waals surface area contributed by atoms with Crippen molar-refractivity contribution in [2.24, 2.45) is 0 Å². The molecule has 1 aromatic carbocycles. The Kier molecular flexibility index (Phi) is 3.41. The summed E-state index contributed by atoms with van der Waals surface area (Å²) in [5.41, 5.74) is 0.915. The number of esters is 1. The Bertz CT molecular complexity index is 560. The minimum atomic E-state index is -0.402. The molecule has 112 valence electrons. The highest BCUT2D eigenvalue weighted by atomic mass is 16.7. The lowest BCUT2D eigenvalue weighted by atomic mass is 9.77. The van der Waals surface area contributed by atoms with Crippen LogP contribution in [-0.2, 0) is 14.3 Å². The van der Waals surface area contributed by atoms with Crippen LogP contribution in [0, 0.1) is 10.1 Å². The van der Waals surface area contributed by atoms with Crippen LogP contribution < -0.4 is 0 Å². The van der Waals surface area contributed by atoms with Gasteiger partial charge in [0, 0.05) is 12.1 Å². The van der Waals surface area contributed by atoms with Crippen LogP contribution in [0.1, 0.15) is 37.2 Å². The average Bonchev–Trinajstić information content (AvgIpc) is 3.21. The number of nitrogens with zero attached hydrogens (tertiary/aromatic N) is 1. The van der Waals surface area contributed by atoms with Crippen LogP contribution in [0.15, 0.2) is 24.3 Å². The van der Waals surface area contributed by atoms with Crippen LogP contribution in [-0.4, -0.2) is 29.7 Å². The first-order valence-corrected chi connectivity index (χ1v) is 7.06. The van der Waals surface area contributed by atoms with E-state index < -0.39 is 11.0 Å². The van der Waals surface area contributed by atoms with Crippen LogP contribution in [0.5, 0.6) is 0 Å². The number of benzene rings is 1. The molecule has 0 radical (unpaired) electrons. The standard InChI is InChI=1S/C15H17NO5/c1-20-14(17)13-15(21-13)8-6-11(7-9-15)10-2-4-12(5-3-10)16(18)19/h2-5,11,13H,6-9H2,1H3. The zero-order chi connectivity index (χ0) is 15.0. The zero-order valence-electron chi connectivity index (χ0n) is 11.8. The summed E-state index contributed by atoms with van der Waals surface area (Å²) in [6.07, 6.45) is 3.10. The van der Waals surface area contributed by atoms with Crippen molar-refractivity contribution < 1.29 is 19.2 Å². The number of methoxy groups -OCH3 is 1. The lowest BCUT2D eigenvalue weighted by Gasteiger charge is -2.26. The Morgan fingerprint density at radius 2 is 1.95 bits per heavy atom. The highest BCUT2D eigenvalue weighted by molar-refractivity contribution is 5.79. The average molecular weight is 291 g/mol. The molecule has 2 fully saturated rings. The van der Waals surface area contributed by atoms with Gasteiger partial charge in [-0.3, -0.25) is 10.1 Å². The van der Waals surface area contributed by atoms with E-state index in [0.717, 1.165) is 31.2 Å². The zero-order valence-corrected chi connectivity index (χ0v) is 11.8. The molecular weight excluding hydrogens is 274 g/mol. The van der Waals surface area contributed by atoms with E-state index in [1.807, 2.05) is 12.1 Å². The summed E-state index contributed by atoms with van der Waals surface area (Å²) in [6.45, 7) is 0. The first-order valence-electron chi connectivity index (χ1n) is 7.06. The van der Waals surface area contributed by atoms with Crippen molar-refractivity contribution in [2.75, 3.05) is 7.11 Å². The molecular formula is C15H17NO5. The number of rotatable bonds is 3. The highest BCUT2D eigenvalue weighted by Gasteiger charge is 2.61. The third kappa shape index (κ3) is 2.51. The van der Waals surface area contributed by atoms with Gasteiger partial charge < -0.3 is 9.47 Å². The van der Waals surface area contributed by atoms with Crippen LogP contribution >= 0.6 is 0 Å². The molecule has 1 heterocycles. The highest BCUT2D eigenvalue weighted by Crippen LogP contribution is 2.51. The van der Waals surface area contributed by atoms with E-state index in [0.29, 0.717) is 5.92 Å². The van der Waals surface area contributed by atoms with Crippen molar-refractivity contribution in [1.29, 1.82) is 0 Å². The molecule has 3 rings (SSSR count). The summed E-state index contributed by atoms with van der Waals surface area (Å²) in [6, 6.07) is 6.74. The van der Waals surface area contributed by atoms with Crippen LogP contribution in [0.2, 0.25) is 0 Å².